The highest BCUT2D eigenvalue weighted by Crippen LogP contribution is 2.86. The molecule has 0 aliphatic heterocycles. The number of nitrogen functional groups attached to an aromatic ring is 1. The first-order valence-corrected chi connectivity index (χ1v) is 7.13. The molecule has 1 spiro atoms. The third-order valence-corrected chi connectivity index (χ3v) is 6.25. The van der Waals surface area contributed by atoms with Gasteiger partial charge in [0.1, 0.15) is 0 Å². The van der Waals surface area contributed by atoms with Gasteiger partial charge in [0.15, 0.2) is 0 Å². The van der Waals surface area contributed by atoms with Gasteiger partial charge in [-0.15, -0.1) is 0 Å². The van der Waals surface area contributed by atoms with Gasteiger partial charge in [0, 0.05) is 22.1 Å². The normalized spacial score (nSPS) is 48.2. The third-order valence-electron chi connectivity index (χ3n) is 6.25. The fraction of sp³-hybridized carbons (Fsp3) is 0.625. The van der Waals surface area contributed by atoms with Gasteiger partial charge in [-0.1, -0.05) is 19.1 Å². The van der Waals surface area contributed by atoms with Gasteiger partial charge in [0.25, 0.3) is 0 Å². The zero-order chi connectivity index (χ0) is 12.6. The quantitative estimate of drug-likeness (QED) is 0.783. The minimum Gasteiger partial charge on any atom is -0.399 e. The van der Waals surface area contributed by atoms with E-state index in [1.165, 1.54) is 31.2 Å². The molecule has 0 amide bonds. The predicted octanol–water partition coefficient (Wildman–Crippen LogP) is 2.69. The summed E-state index contributed by atoms with van der Waals surface area (Å²) in [6, 6.07) is 8.69. The van der Waals surface area contributed by atoms with Crippen molar-refractivity contribution in [2.75, 3.05) is 12.8 Å². The summed E-state index contributed by atoms with van der Waals surface area (Å²) >= 11 is 0. The summed E-state index contributed by atoms with van der Waals surface area (Å²) in [6.07, 6.45) is 5.47. The SMILES string of the molecule is CNC12CC3(c4ccc(N)cc4)CC(C)CC13C2. The van der Waals surface area contributed by atoms with Crippen LogP contribution >= 0.6 is 0 Å². The highest BCUT2D eigenvalue weighted by atomic mass is 15.1. The minimum absolute atomic E-state index is 0.448. The summed E-state index contributed by atoms with van der Waals surface area (Å²) < 4.78 is 0. The van der Waals surface area contributed by atoms with Crippen LogP contribution in [-0.2, 0) is 5.41 Å². The molecule has 3 aliphatic carbocycles. The molecule has 2 nitrogen and oxygen atoms in total. The molecular weight excluding hydrogens is 220 g/mol. The average Bonchev–Trinajstić information content (AvgIpc) is 2.77. The number of hydrogen-bond donors (Lipinski definition) is 2. The van der Waals surface area contributed by atoms with Crippen molar-refractivity contribution in [3.05, 3.63) is 29.8 Å². The van der Waals surface area contributed by atoms with Crippen molar-refractivity contribution in [3.63, 3.8) is 0 Å². The van der Waals surface area contributed by atoms with E-state index in [1.54, 1.807) is 0 Å². The van der Waals surface area contributed by atoms with Crippen LogP contribution in [0.1, 0.15) is 38.2 Å². The Morgan fingerprint density at radius 2 is 1.89 bits per heavy atom. The number of rotatable bonds is 2. The van der Waals surface area contributed by atoms with Crippen molar-refractivity contribution in [1.82, 2.24) is 5.32 Å². The van der Waals surface area contributed by atoms with Gasteiger partial charge in [0.05, 0.1) is 0 Å². The van der Waals surface area contributed by atoms with E-state index in [0.29, 0.717) is 16.4 Å². The highest BCUT2D eigenvalue weighted by Gasteiger charge is 2.87. The Kier molecular flexibility index (Phi) is 1.77. The Morgan fingerprint density at radius 1 is 1.17 bits per heavy atom. The monoisotopic (exact) mass is 242 g/mol. The summed E-state index contributed by atoms with van der Waals surface area (Å²) in [5, 5.41) is 3.62. The zero-order valence-corrected chi connectivity index (χ0v) is 11.3. The summed E-state index contributed by atoms with van der Waals surface area (Å²) in [7, 11) is 2.14. The largest absolute Gasteiger partial charge is 0.399 e. The lowest BCUT2D eigenvalue weighted by Gasteiger charge is -2.51. The third kappa shape index (κ3) is 0.934. The van der Waals surface area contributed by atoms with E-state index < -0.39 is 0 Å². The van der Waals surface area contributed by atoms with E-state index in [4.69, 9.17) is 5.73 Å². The van der Waals surface area contributed by atoms with Crippen molar-refractivity contribution in [2.24, 2.45) is 11.3 Å². The summed E-state index contributed by atoms with van der Waals surface area (Å²) in [5.41, 5.74) is 9.72. The van der Waals surface area contributed by atoms with Crippen molar-refractivity contribution in [3.8, 4) is 0 Å². The molecule has 4 atom stereocenters. The lowest BCUT2D eigenvalue weighted by molar-refractivity contribution is 0.0964. The molecule has 3 N–H and O–H groups in total. The van der Waals surface area contributed by atoms with Crippen molar-refractivity contribution < 1.29 is 0 Å². The molecule has 1 aromatic carbocycles. The van der Waals surface area contributed by atoms with Gasteiger partial charge >= 0.3 is 0 Å². The Labute approximate surface area is 109 Å². The maximum absolute atomic E-state index is 5.83. The molecule has 18 heavy (non-hydrogen) atoms. The smallest absolute Gasteiger partial charge is 0.0314 e. The van der Waals surface area contributed by atoms with Gasteiger partial charge in [-0.05, 0) is 56.3 Å². The molecule has 3 saturated carbocycles. The lowest BCUT2D eigenvalue weighted by Crippen LogP contribution is -2.57. The fourth-order valence-electron chi connectivity index (χ4n) is 5.61. The maximum atomic E-state index is 5.83. The van der Waals surface area contributed by atoms with E-state index in [9.17, 15) is 0 Å². The van der Waals surface area contributed by atoms with Gasteiger partial charge < -0.3 is 11.1 Å². The van der Waals surface area contributed by atoms with Crippen LogP contribution in [0.15, 0.2) is 24.3 Å². The molecule has 0 saturated heterocycles. The topological polar surface area (TPSA) is 38.0 Å². The summed E-state index contributed by atoms with van der Waals surface area (Å²) in [4.78, 5) is 0. The Hall–Kier alpha value is -1.02. The molecule has 0 aromatic heterocycles. The van der Waals surface area contributed by atoms with Crippen LogP contribution < -0.4 is 11.1 Å². The first kappa shape index (κ1) is 10.9. The van der Waals surface area contributed by atoms with Gasteiger partial charge in [-0.2, -0.15) is 0 Å². The molecule has 4 unspecified atom stereocenters. The Balaban J connectivity index is 1.78. The van der Waals surface area contributed by atoms with Crippen molar-refractivity contribution in [2.45, 2.75) is 43.6 Å². The molecule has 0 heterocycles. The van der Waals surface area contributed by atoms with E-state index >= 15 is 0 Å². The zero-order valence-electron chi connectivity index (χ0n) is 11.3. The van der Waals surface area contributed by atoms with Crippen molar-refractivity contribution >= 4 is 5.69 Å². The first-order valence-electron chi connectivity index (χ1n) is 7.13. The minimum atomic E-state index is 0.448. The van der Waals surface area contributed by atoms with Crippen LogP contribution in [0.4, 0.5) is 5.69 Å². The highest BCUT2D eigenvalue weighted by molar-refractivity contribution is 5.53. The van der Waals surface area contributed by atoms with E-state index in [-0.39, 0.29) is 0 Å². The Morgan fingerprint density at radius 3 is 2.50 bits per heavy atom. The molecule has 3 fully saturated rings. The second-order valence-electron chi connectivity index (χ2n) is 6.99. The average molecular weight is 242 g/mol. The number of nitrogens with two attached hydrogens (primary N) is 1. The van der Waals surface area contributed by atoms with E-state index in [1.807, 2.05) is 0 Å². The van der Waals surface area contributed by atoms with Crippen LogP contribution in [-0.4, -0.2) is 12.6 Å². The number of nitrogens with one attached hydrogen (secondary N) is 1. The Bertz CT molecular complexity index is 508. The van der Waals surface area contributed by atoms with Crippen molar-refractivity contribution in [1.29, 1.82) is 0 Å². The number of anilines is 1. The van der Waals surface area contributed by atoms with Crippen LogP contribution in [0.25, 0.3) is 0 Å². The first-order chi connectivity index (χ1) is 8.57. The fourth-order valence-corrected chi connectivity index (χ4v) is 5.61. The number of benzene rings is 1. The molecule has 3 aliphatic rings. The van der Waals surface area contributed by atoms with E-state index in [0.717, 1.165) is 11.6 Å². The lowest BCUT2D eigenvalue weighted by atomic mass is 9.55. The second-order valence-corrected chi connectivity index (χ2v) is 6.99. The van der Waals surface area contributed by atoms with Gasteiger partial charge in [0.2, 0.25) is 0 Å². The molecule has 0 bridgehead atoms. The van der Waals surface area contributed by atoms with E-state index in [2.05, 4.69) is 43.6 Å². The van der Waals surface area contributed by atoms with Crippen LogP contribution in [0, 0.1) is 11.3 Å². The van der Waals surface area contributed by atoms with Crippen LogP contribution in [0.3, 0.4) is 0 Å². The molecule has 96 valence electrons. The second kappa shape index (κ2) is 2.93. The molecular formula is C16H22N2. The number of hydrogen-bond acceptors (Lipinski definition) is 2. The van der Waals surface area contributed by atoms with Crippen LogP contribution in [0.2, 0.25) is 0 Å². The van der Waals surface area contributed by atoms with Gasteiger partial charge in [-0.25, -0.2) is 0 Å². The van der Waals surface area contributed by atoms with Crippen LogP contribution in [0.5, 0.6) is 0 Å². The predicted molar refractivity (Wildman–Crippen MR) is 74.4 cm³/mol. The summed E-state index contributed by atoms with van der Waals surface area (Å²) in [6.45, 7) is 2.42. The molecule has 1 aromatic rings. The standard InChI is InChI=1S/C16H22N2/c1-11-7-14(12-3-5-13(17)6-4-12)9-16(18-2)10-15(14,16)8-11/h3-6,11,18H,7-10,17H2,1-2H3. The van der Waals surface area contributed by atoms with Gasteiger partial charge in [-0.3, -0.25) is 0 Å². The summed E-state index contributed by atoms with van der Waals surface area (Å²) in [5.74, 6) is 0.861. The molecule has 4 rings (SSSR count). The molecule has 0 radical (unpaired) electrons. The molecule has 2 heteroatoms. The maximum Gasteiger partial charge on any atom is 0.0314 e.